The van der Waals surface area contributed by atoms with Gasteiger partial charge in [-0.3, -0.25) is 0 Å². The van der Waals surface area contributed by atoms with E-state index >= 15 is 0 Å². The Bertz CT molecular complexity index is 564. The van der Waals surface area contributed by atoms with Crippen molar-refractivity contribution in [2.75, 3.05) is 7.05 Å². The van der Waals surface area contributed by atoms with E-state index in [0.717, 1.165) is 23.8 Å². The standard InChI is InChI=1S/C16H21NO/c1-10(2)12-6-7-14-13(8-12)16(11-4-5-11)15(18-14)9-17-3/h6-8,10-11,17H,4-5,9H2,1-3H3. The molecule has 1 aliphatic carbocycles. The molecule has 1 saturated carbocycles. The van der Waals surface area contributed by atoms with Crippen molar-refractivity contribution in [1.29, 1.82) is 0 Å². The van der Waals surface area contributed by atoms with Crippen molar-refractivity contribution in [3.05, 3.63) is 35.1 Å². The van der Waals surface area contributed by atoms with Crippen molar-refractivity contribution < 1.29 is 4.42 Å². The van der Waals surface area contributed by atoms with Gasteiger partial charge in [-0.25, -0.2) is 0 Å². The minimum absolute atomic E-state index is 0.573. The first kappa shape index (κ1) is 11.8. The second-order valence-electron chi connectivity index (χ2n) is 5.65. The van der Waals surface area contributed by atoms with Crippen LogP contribution in [0, 0.1) is 0 Å². The predicted octanol–water partition coefficient (Wildman–Crippen LogP) is 4.15. The third-order valence-corrected chi connectivity index (χ3v) is 3.82. The van der Waals surface area contributed by atoms with E-state index in [4.69, 9.17) is 4.42 Å². The van der Waals surface area contributed by atoms with Gasteiger partial charge in [0.15, 0.2) is 0 Å². The summed E-state index contributed by atoms with van der Waals surface area (Å²) in [6.07, 6.45) is 2.63. The highest BCUT2D eigenvalue weighted by molar-refractivity contribution is 5.84. The highest BCUT2D eigenvalue weighted by atomic mass is 16.3. The van der Waals surface area contributed by atoms with E-state index in [-0.39, 0.29) is 0 Å². The Morgan fingerprint density at radius 3 is 2.72 bits per heavy atom. The lowest BCUT2D eigenvalue weighted by Crippen LogP contribution is -2.05. The topological polar surface area (TPSA) is 25.2 Å². The molecule has 1 fully saturated rings. The summed E-state index contributed by atoms with van der Waals surface area (Å²) in [5, 5.41) is 4.55. The van der Waals surface area contributed by atoms with Crippen LogP contribution < -0.4 is 5.32 Å². The Labute approximate surface area is 108 Å². The lowest BCUT2D eigenvalue weighted by molar-refractivity contribution is 0.524. The molecular formula is C16H21NO. The fourth-order valence-electron chi connectivity index (χ4n) is 2.66. The lowest BCUT2D eigenvalue weighted by atomic mass is 9.98. The van der Waals surface area contributed by atoms with Crippen LogP contribution in [0.3, 0.4) is 0 Å². The van der Waals surface area contributed by atoms with E-state index in [2.05, 4.69) is 37.4 Å². The summed E-state index contributed by atoms with van der Waals surface area (Å²) < 4.78 is 6.01. The number of hydrogen-bond donors (Lipinski definition) is 1. The molecule has 2 nitrogen and oxygen atoms in total. The maximum Gasteiger partial charge on any atom is 0.134 e. The van der Waals surface area contributed by atoms with Gasteiger partial charge in [0, 0.05) is 10.9 Å². The fourth-order valence-corrected chi connectivity index (χ4v) is 2.66. The molecule has 0 atom stereocenters. The van der Waals surface area contributed by atoms with E-state index in [9.17, 15) is 0 Å². The first-order valence-corrected chi connectivity index (χ1v) is 6.90. The number of furan rings is 1. The number of nitrogens with one attached hydrogen (secondary N) is 1. The molecule has 1 aliphatic rings. The number of benzene rings is 1. The zero-order valence-corrected chi connectivity index (χ0v) is 11.4. The molecule has 3 rings (SSSR count). The van der Waals surface area contributed by atoms with Crippen LogP contribution in [-0.4, -0.2) is 7.05 Å². The molecule has 1 heterocycles. The van der Waals surface area contributed by atoms with Crippen LogP contribution in [0.15, 0.2) is 22.6 Å². The molecular weight excluding hydrogens is 222 g/mol. The molecule has 2 aromatic rings. The van der Waals surface area contributed by atoms with E-state index in [1.54, 1.807) is 0 Å². The fraction of sp³-hybridized carbons (Fsp3) is 0.500. The van der Waals surface area contributed by atoms with Crippen LogP contribution in [0.5, 0.6) is 0 Å². The monoisotopic (exact) mass is 243 g/mol. The van der Waals surface area contributed by atoms with Gasteiger partial charge in [0.25, 0.3) is 0 Å². The van der Waals surface area contributed by atoms with Gasteiger partial charge in [-0.1, -0.05) is 19.9 Å². The summed E-state index contributed by atoms with van der Waals surface area (Å²) in [4.78, 5) is 0. The summed E-state index contributed by atoms with van der Waals surface area (Å²) >= 11 is 0. The van der Waals surface area contributed by atoms with Crippen LogP contribution in [-0.2, 0) is 6.54 Å². The van der Waals surface area contributed by atoms with Crippen LogP contribution in [0.2, 0.25) is 0 Å². The molecule has 18 heavy (non-hydrogen) atoms. The normalized spacial score (nSPS) is 15.8. The van der Waals surface area contributed by atoms with Crippen LogP contribution in [0.4, 0.5) is 0 Å². The molecule has 0 amide bonds. The van der Waals surface area contributed by atoms with E-state index in [0.29, 0.717) is 5.92 Å². The SMILES string of the molecule is CNCc1oc2ccc(C(C)C)cc2c1C1CC1. The Morgan fingerprint density at radius 1 is 1.33 bits per heavy atom. The number of rotatable bonds is 4. The largest absolute Gasteiger partial charge is 0.459 e. The molecule has 0 unspecified atom stereocenters. The van der Waals surface area contributed by atoms with Gasteiger partial charge in [-0.2, -0.15) is 0 Å². The van der Waals surface area contributed by atoms with Crippen molar-refractivity contribution in [1.82, 2.24) is 5.32 Å². The molecule has 0 aliphatic heterocycles. The zero-order chi connectivity index (χ0) is 12.7. The van der Waals surface area contributed by atoms with Crippen molar-refractivity contribution in [3.63, 3.8) is 0 Å². The average molecular weight is 243 g/mol. The molecule has 1 N–H and O–H groups in total. The molecule has 96 valence electrons. The summed E-state index contributed by atoms with van der Waals surface area (Å²) in [5.41, 5.74) is 3.91. The first-order valence-electron chi connectivity index (χ1n) is 6.90. The van der Waals surface area contributed by atoms with E-state index in [1.807, 2.05) is 7.05 Å². The van der Waals surface area contributed by atoms with Gasteiger partial charge in [0.1, 0.15) is 11.3 Å². The van der Waals surface area contributed by atoms with E-state index in [1.165, 1.54) is 29.4 Å². The summed E-state index contributed by atoms with van der Waals surface area (Å²) in [6.45, 7) is 5.32. The maximum absolute atomic E-state index is 6.01. The van der Waals surface area contributed by atoms with Crippen LogP contribution >= 0.6 is 0 Å². The summed E-state index contributed by atoms with van der Waals surface area (Å²) in [5.74, 6) is 2.44. The Kier molecular flexibility index (Phi) is 2.90. The molecule has 0 bridgehead atoms. The first-order chi connectivity index (χ1) is 8.70. The minimum atomic E-state index is 0.573. The van der Waals surface area contributed by atoms with E-state index < -0.39 is 0 Å². The summed E-state index contributed by atoms with van der Waals surface area (Å²) in [6, 6.07) is 6.66. The molecule has 1 aromatic carbocycles. The van der Waals surface area contributed by atoms with Gasteiger partial charge in [-0.05, 0) is 49.4 Å². The van der Waals surface area contributed by atoms with Gasteiger partial charge in [0.05, 0.1) is 6.54 Å². The molecule has 0 spiro atoms. The molecule has 0 radical (unpaired) electrons. The summed E-state index contributed by atoms with van der Waals surface area (Å²) in [7, 11) is 1.98. The van der Waals surface area contributed by atoms with Gasteiger partial charge < -0.3 is 9.73 Å². The predicted molar refractivity (Wildman–Crippen MR) is 75.0 cm³/mol. The third kappa shape index (κ3) is 1.95. The van der Waals surface area contributed by atoms with Crippen molar-refractivity contribution in [2.24, 2.45) is 0 Å². The maximum atomic E-state index is 6.01. The quantitative estimate of drug-likeness (QED) is 0.872. The molecule has 1 aromatic heterocycles. The lowest BCUT2D eigenvalue weighted by Gasteiger charge is -2.05. The second-order valence-corrected chi connectivity index (χ2v) is 5.65. The zero-order valence-electron chi connectivity index (χ0n) is 11.4. The smallest absolute Gasteiger partial charge is 0.134 e. The van der Waals surface area contributed by atoms with Crippen molar-refractivity contribution >= 4 is 11.0 Å². The van der Waals surface area contributed by atoms with Crippen LogP contribution in [0.1, 0.15) is 55.4 Å². The van der Waals surface area contributed by atoms with Crippen molar-refractivity contribution in [2.45, 2.75) is 45.1 Å². The van der Waals surface area contributed by atoms with Crippen molar-refractivity contribution in [3.8, 4) is 0 Å². The van der Waals surface area contributed by atoms with Gasteiger partial charge in [-0.15, -0.1) is 0 Å². The Balaban J connectivity index is 2.16. The third-order valence-electron chi connectivity index (χ3n) is 3.82. The van der Waals surface area contributed by atoms with Gasteiger partial charge in [0.2, 0.25) is 0 Å². The highest BCUT2D eigenvalue weighted by Gasteiger charge is 2.30. The van der Waals surface area contributed by atoms with Crippen LogP contribution in [0.25, 0.3) is 11.0 Å². The Morgan fingerprint density at radius 2 is 2.11 bits per heavy atom. The highest BCUT2D eigenvalue weighted by Crippen LogP contribution is 2.46. The minimum Gasteiger partial charge on any atom is -0.459 e. The average Bonchev–Trinajstić information content (AvgIpc) is 3.11. The second kappa shape index (κ2) is 4.43. The number of hydrogen-bond acceptors (Lipinski definition) is 2. The Hall–Kier alpha value is -1.28. The van der Waals surface area contributed by atoms with Gasteiger partial charge >= 0.3 is 0 Å². The molecule has 2 heteroatoms. The number of fused-ring (bicyclic) bond motifs is 1. The molecule has 0 saturated heterocycles.